The smallest absolute Gasteiger partial charge is 0.168 e. The van der Waals surface area contributed by atoms with E-state index >= 15 is 0 Å². The van der Waals surface area contributed by atoms with Gasteiger partial charge in [-0.05, 0) is 18.4 Å². The van der Waals surface area contributed by atoms with Gasteiger partial charge in [-0.2, -0.15) is 0 Å². The van der Waals surface area contributed by atoms with E-state index in [2.05, 4.69) is 5.16 Å². The normalized spacial score (nSPS) is 10.6. The van der Waals surface area contributed by atoms with E-state index in [4.69, 9.17) is 4.52 Å². The van der Waals surface area contributed by atoms with Gasteiger partial charge in [0.1, 0.15) is 5.03 Å². The van der Waals surface area contributed by atoms with Crippen LogP contribution in [0.15, 0.2) is 33.8 Å². The molecule has 0 aliphatic rings. The van der Waals surface area contributed by atoms with Gasteiger partial charge in [0.05, 0.1) is 5.39 Å². The van der Waals surface area contributed by atoms with Gasteiger partial charge in [-0.15, -0.1) is 11.8 Å². The first-order chi connectivity index (χ1) is 5.42. The van der Waals surface area contributed by atoms with E-state index in [0.717, 1.165) is 16.0 Å². The zero-order chi connectivity index (χ0) is 7.68. The van der Waals surface area contributed by atoms with Crippen LogP contribution < -0.4 is 0 Å². The minimum absolute atomic E-state index is 0.858. The fourth-order valence-corrected chi connectivity index (χ4v) is 1.51. The van der Waals surface area contributed by atoms with Gasteiger partial charge >= 0.3 is 0 Å². The van der Waals surface area contributed by atoms with Crippen molar-refractivity contribution in [2.24, 2.45) is 0 Å². The van der Waals surface area contributed by atoms with Crippen LogP contribution in [0.1, 0.15) is 0 Å². The van der Waals surface area contributed by atoms with Crippen molar-refractivity contribution in [3.8, 4) is 0 Å². The number of para-hydroxylation sites is 1. The van der Waals surface area contributed by atoms with Gasteiger partial charge in [-0.25, -0.2) is 0 Å². The van der Waals surface area contributed by atoms with Crippen molar-refractivity contribution < 1.29 is 4.52 Å². The molecule has 0 aliphatic heterocycles. The molecule has 56 valence electrons. The van der Waals surface area contributed by atoms with E-state index in [0.29, 0.717) is 0 Å². The fourth-order valence-electron chi connectivity index (χ4n) is 1.01. The van der Waals surface area contributed by atoms with Crippen molar-refractivity contribution in [2.45, 2.75) is 5.03 Å². The first-order valence-corrected chi connectivity index (χ1v) is 4.52. The van der Waals surface area contributed by atoms with Crippen molar-refractivity contribution in [3.05, 3.63) is 24.3 Å². The molecule has 2 nitrogen and oxygen atoms in total. The van der Waals surface area contributed by atoms with E-state index in [1.165, 1.54) is 0 Å². The van der Waals surface area contributed by atoms with Gasteiger partial charge in [0.15, 0.2) is 5.58 Å². The van der Waals surface area contributed by atoms with Crippen molar-refractivity contribution >= 4 is 22.7 Å². The fraction of sp³-hybridized carbons (Fsp3) is 0.125. The molecule has 0 unspecified atom stereocenters. The lowest BCUT2D eigenvalue weighted by molar-refractivity contribution is 0.437. The molecule has 0 atom stereocenters. The minimum atomic E-state index is 0.858. The second kappa shape index (κ2) is 2.58. The molecule has 0 saturated carbocycles. The van der Waals surface area contributed by atoms with Crippen LogP contribution in [0.25, 0.3) is 11.0 Å². The Balaban J connectivity index is 2.76. The number of fused-ring (bicyclic) bond motifs is 1. The predicted octanol–water partition coefficient (Wildman–Crippen LogP) is 2.55. The molecular formula is C8H7NOS. The molecule has 0 N–H and O–H groups in total. The molecule has 0 amide bonds. The van der Waals surface area contributed by atoms with E-state index in [1.54, 1.807) is 11.8 Å². The minimum Gasteiger partial charge on any atom is -0.355 e. The Morgan fingerprint density at radius 3 is 3.00 bits per heavy atom. The quantitative estimate of drug-likeness (QED) is 0.607. The van der Waals surface area contributed by atoms with Gasteiger partial charge in [0, 0.05) is 0 Å². The summed E-state index contributed by atoms with van der Waals surface area (Å²) >= 11 is 1.60. The Hall–Kier alpha value is -0.960. The summed E-state index contributed by atoms with van der Waals surface area (Å²) in [6.07, 6.45) is 1.99. The van der Waals surface area contributed by atoms with Crippen LogP contribution in [0.4, 0.5) is 0 Å². The maximum Gasteiger partial charge on any atom is 0.168 e. The molecule has 0 spiro atoms. The topological polar surface area (TPSA) is 26.0 Å². The number of rotatable bonds is 1. The highest BCUT2D eigenvalue weighted by Gasteiger charge is 2.03. The monoisotopic (exact) mass is 165 g/mol. The maximum absolute atomic E-state index is 5.07. The van der Waals surface area contributed by atoms with Crippen molar-refractivity contribution in [2.75, 3.05) is 6.26 Å². The lowest BCUT2D eigenvalue weighted by atomic mass is 10.3. The van der Waals surface area contributed by atoms with Gasteiger partial charge in [-0.1, -0.05) is 17.3 Å². The van der Waals surface area contributed by atoms with Crippen LogP contribution in [-0.2, 0) is 0 Å². The highest BCUT2D eigenvalue weighted by atomic mass is 32.2. The first kappa shape index (κ1) is 6.73. The number of hydrogen-bond donors (Lipinski definition) is 0. The third-order valence-corrected chi connectivity index (χ3v) is 2.22. The van der Waals surface area contributed by atoms with Crippen LogP contribution in [-0.4, -0.2) is 11.4 Å². The van der Waals surface area contributed by atoms with Crippen LogP contribution in [0.2, 0.25) is 0 Å². The number of benzene rings is 1. The van der Waals surface area contributed by atoms with E-state index in [9.17, 15) is 0 Å². The Morgan fingerprint density at radius 1 is 1.36 bits per heavy atom. The summed E-state index contributed by atoms with van der Waals surface area (Å²) in [4.78, 5) is 0. The Kier molecular flexibility index (Phi) is 1.58. The summed E-state index contributed by atoms with van der Waals surface area (Å²) in [5.41, 5.74) is 0.858. The predicted molar refractivity (Wildman–Crippen MR) is 45.8 cm³/mol. The molecule has 2 rings (SSSR count). The molecule has 0 saturated heterocycles. The summed E-state index contributed by atoms with van der Waals surface area (Å²) in [6, 6.07) is 7.86. The maximum atomic E-state index is 5.07. The van der Waals surface area contributed by atoms with Gasteiger partial charge in [-0.3, -0.25) is 0 Å². The van der Waals surface area contributed by atoms with Crippen molar-refractivity contribution in [1.29, 1.82) is 0 Å². The molecule has 3 heteroatoms. The van der Waals surface area contributed by atoms with Gasteiger partial charge in [0.2, 0.25) is 0 Å². The van der Waals surface area contributed by atoms with Gasteiger partial charge in [0.25, 0.3) is 0 Å². The Bertz CT molecular complexity index is 369. The average Bonchev–Trinajstić information content (AvgIpc) is 2.47. The SMILES string of the molecule is CSc1noc2ccccc12. The summed E-state index contributed by atoms with van der Waals surface area (Å²) in [7, 11) is 0. The molecule has 0 aliphatic carbocycles. The molecule has 1 aromatic heterocycles. The molecule has 0 radical (unpaired) electrons. The highest BCUT2D eigenvalue weighted by Crippen LogP contribution is 2.24. The molecule has 0 bridgehead atoms. The number of thioether (sulfide) groups is 1. The second-order valence-electron chi connectivity index (χ2n) is 2.19. The molecule has 1 aromatic carbocycles. The van der Waals surface area contributed by atoms with E-state index < -0.39 is 0 Å². The number of nitrogens with zero attached hydrogens (tertiary/aromatic N) is 1. The van der Waals surface area contributed by atoms with Crippen LogP contribution in [0.3, 0.4) is 0 Å². The van der Waals surface area contributed by atoms with E-state index in [-0.39, 0.29) is 0 Å². The first-order valence-electron chi connectivity index (χ1n) is 3.30. The zero-order valence-electron chi connectivity index (χ0n) is 6.07. The van der Waals surface area contributed by atoms with Crippen molar-refractivity contribution in [1.82, 2.24) is 5.16 Å². The zero-order valence-corrected chi connectivity index (χ0v) is 6.89. The van der Waals surface area contributed by atoms with Crippen molar-refractivity contribution in [3.63, 3.8) is 0 Å². The number of aromatic nitrogens is 1. The van der Waals surface area contributed by atoms with Gasteiger partial charge < -0.3 is 4.52 Å². The van der Waals surface area contributed by atoms with Crippen LogP contribution in [0, 0.1) is 0 Å². The lowest BCUT2D eigenvalue weighted by Crippen LogP contribution is -1.66. The Morgan fingerprint density at radius 2 is 2.18 bits per heavy atom. The average molecular weight is 165 g/mol. The molecule has 2 aromatic rings. The van der Waals surface area contributed by atoms with Crippen LogP contribution in [0.5, 0.6) is 0 Å². The second-order valence-corrected chi connectivity index (χ2v) is 2.98. The summed E-state index contributed by atoms with van der Waals surface area (Å²) in [5.74, 6) is 0. The number of hydrogen-bond acceptors (Lipinski definition) is 3. The summed E-state index contributed by atoms with van der Waals surface area (Å²) in [6.45, 7) is 0. The lowest BCUT2D eigenvalue weighted by Gasteiger charge is -1.85. The third kappa shape index (κ3) is 1.01. The third-order valence-electron chi connectivity index (χ3n) is 1.54. The summed E-state index contributed by atoms with van der Waals surface area (Å²) in [5, 5.41) is 5.96. The standard InChI is InChI=1S/C8H7NOS/c1-11-8-6-4-2-3-5-7(6)10-9-8/h2-5H,1H3. The Labute approximate surface area is 68.6 Å². The molecule has 0 fully saturated rings. The molecular weight excluding hydrogens is 158 g/mol. The highest BCUT2D eigenvalue weighted by molar-refractivity contribution is 7.98. The van der Waals surface area contributed by atoms with Crippen LogP contribution >= 0.6 is 11.8 Å². The largest absolute Gasteiger partial charge is 0.355 e. The molecule has 11 heavy (non-hydrogen) atoms. The molecule has 1 heterocycles. The summed E-state index contributed by atoms with van der Waals surface area (Å²) < 4.78 is 5.07. The van der Waals surface area contributed by atoms with E-state index in [1.807, 2.05) is 30.5 Å².